The third-order valence-corrected chi connectivity index (χ3v) is 8.76. The summed E-state index contributed by atoms with van der Waals surface area (Å²) in [5.41, 5.74) is 1.78. The number of oxazole rings is 1. The van der Waals surface area contributed by atoms with Crippen LogP contribution in [0.15, 0.2) is 47.1 Å². The summed E-state index contributed by atoms with van der Waals surface area (Å²) >= 11 is 0. The van der Waals surface area contributed by atoms with Crippen molar-refractivity contribution in [3.05, 3.63) is 42.7 Å². The first-order chi connectivity index (χ1) is 22.7. The molecule has 0 aliphatic carbocycles. The first-order valence-corrected chi connectivity index (χ1v) is 18.2. The Labute approximate surface area is 304 Å². The molecule has 0 radical (unpaired) electrons. The molecule has 1 aromatic carbocycles. The van der Waals surface area contributed by atoms with Crippen molar-refractivity contribution >= 4 is 60.8 Å². The Hall–Kier alpha value is -3.46. The molecule has 1 aliphatic rings. The topological polar surface area (TPSA) is 240 Å². The third kappa shape index (κ3) is 12.7. The maximum absolute atomic E-state index is 13.2. The van der Waals surface area contributed by atoms with Gasteiger partial charge in [-0.1, -0.05) is 6.42 Å². The second-order valence-electron chi connectivity index (χ2n) is 11.0. The average Bonchev–Trinajstić information content (AvgIpc) is 3.58. The molecule has 0 unspecified atom stereocenters. The first kappa shape index (κ1) is 40.0. The number of carbonyl (C=O) groups is 4. The fraction of sp³-hybridized carbons (Fsp3) is 0.448. The number of hydrogen-bond acceptors (Lipinski definition) is 13. The largest absolute Gasteiger partial charge is 1.00 e. The molecule has 3 aromatic rings. The molecule has 0 bridgehead atoms. The van der Waals surface area contributed by atoms with E-state index >= 15 is 0 Å². The number of hydroxylamine groups is 2. The number of nitrogens with one attached hydrogen (secondary N) is 1. The zero-order valence-corrected chi connectivity index (χ0v) is 30.4. The van der Waals surface area contributed by atoms with Gasteiger partial charge in [0.05, 0.1) is 20.2 Å². The van der Waals surface area contributed by atoms with Crippen LogP contribution >= 0.6 is 0 Å². The van der Waals surface area contributed by atoms with Gasteiger partial charge in [0.25, 0.3) is 11.8 Å². The van der Waals surface area contributed by atoms with Gasteiger partial charge in [-0.25, -0.2) is 36.0 Å². The molecule has 4 amide bonds. The smallest absolute Gasteiger partial charge is 0.748 e. The number of carbonyl (C=O) groups excluding carboxylic acids is 4. The molecule has 4 rings (SSSR count). The Kier molecular flexibility index (Phi) is 14.7. The number of amides is 4. The monoisotopic (exact) mass is 731 g/mol. The minimum absolute atomic E-state index is 0. The Balaban J connectivity index is 0.00000650. The fourth-order valence-electron chi connectivity index (χ4n) is 4.79. The maximum atomic E-state index is 13.2. The number of urea groups is 1. The minimum Gasteiger partial charge on any atom is -0.748 e. The van der Waals surface area contributed by atoms with Crippen molar-refractivity contribution in [1.82, 2.24) is 15.4 Å². The number of unbranched alkanes of at least 4 members (excludes halogenated alkanes) is 2. The van der Waals surface area contributed by atoms with E-state index in [1.807, 2.05) is 0 Å². The van der Waals surface area contributed by atoms with Crippen LogP contribution in [0.25, 0.3) is 22.6 Å². The summed E-state index contributed by atoms with van der Waals surface area (Å²) < 4.78 is 73.7. The van der Waals surface area contributed by atoms with Crippen molar-refractivity contribution in [2.45, 2.75) is 57.9 Å². The van der Waals surface area contributed by atoms with Crippen LogP contribution in [0, 0.1) is 0 Å². The van der Waals surface area contributed by atoms with Gasteiger partial charge in [-0.2, -0.15) is 0 Å². The van der Waals surface area contributed by atoms with Crippen LogP contribution in [0.5, 0.6) is 0 Å². The summed E-state index contributed by atoms with van der Waals surface area (Å²) in [6.07, 6.45) is 4.77. The molecule has 20 heteroatoms. The van der Waals surface area contributed by atoms with E-state index in [1.54, 1.807) is 47.3 Å². The molecule has 0 saturated carbocycles. The van der Waals surface area contributed by atoms with Crippen LogP contribution in [0.4, 0.5) is 10.5 Å². The zero-order chi connectivity index (χ0) is 34.9. The van der Waals surface area contributed by atoms with E-state index in [0.717, 1.165) is 0 Å². The van der Waals surface area contributed by atoms with Gasteiger partial charge < -0.3 is 23.7 Å². The number of nitrogens with zero attached hydrogens (tertiary/aromatic N) is 4. The molecular weight excluding hydrogens is 697 g/mol. The van der Waals surface area contributed by atoms with Crippen molar-refractivity contribution < 1.29 is 88.5 Å². The number of aryl methyl sites for hydroxylation is 1. The van der Waals surface area contributed by atoms with Crippen LogP contribution in [0.2, 0.25) is 0 Å². The molecule has 1 aliphatic heterocycles. The summed E-state index contributed by atoms with van der Waals surface area (Å²) in [6, 6.07) is 7.64. The molecule has 1 saturated heterocycles. The Morgan fingerprint density at radius 3 is 2.24 bits per heavy atom. The van der Waals surface area contributed by atoms with Crippen LogP contribution < -0.4 is 44.3 Å². The van der Waals surface area contributed by atoms with Crippen LogP contribution in [0.1, 0.15) is 51.4 Å². The van der Waals surface area contributed by atoms with Gasteiger partial charge in [0, 0.05) is 79.7 Å². The summed E-state index contributed by atoms with van der Waals surface area (Å²) in [7, 11) is -8.80. The third-order valence-electron chi connectivity index (χ3n) is 7.19. The zero-order valence-electron chi connectivity index (χ0n) is 26.7. The number of benzene rings is 1. The Morgan fingerprint density at radius 2 is 1.59 bits per heavy atom. The predicted molar refractivity (Wildman–Crippen MR) is 164 cm³/mol. The summed E-state index contributed by atoms with van der Waals surface area (Å²) in [4.78, 5) is 58.8. The summed E-state index contributed by atoms with van der Waals surface area (Å²) in [5, 5.41) is 3.23. The average molecular weight is 732 g/mol. The number of rotatable bonds is 17. The van der Waals surface area contributed by atoms with Gasteiger partial charge in [-0.05, 0) is 31.4 Å². The SMILES string of the molecule is O=C(CCCCCNC(=O)N(CCCS(=O)(=O)[O-])c1ccc2nc(-c3cc[n+](CCCS(=O)(=O)[O-])cc3)oc2c1)ON1C(=O)CCC1=O.[Na+]. The normalized spacial score (nSPS) is 13.4. The number of imide groups is 1. The molecule has 49 heavy (non-hydrogen) atoms. The van der Waals surface area contributed by atoms with Crippen LogP contribution in [-0.2, 0) is 46.0 Å². The minimum atomic E-state index is -4.51. The molecule has 2 aromatic heterocycles. The molecule has 0 spiro atoms. The maximum Gasteiger partial charge on any atom is 1.00 e. The molecule has 3 heterocycles. The summed E-state index contributed by atoms with van der Waals surface area (Å²) in [5.74, 6) is -2.70. The van der Waals surface area contributed by atoms with Gasteiger partial charge in [-0.15, -0.1) is 5.06 Å². The van der Waals surface area contributed by atoms with Crippen LogP contribution in [-0.4, -0.2) is 84.4 Å². The van der Waals surface area contributed by atoms with Gasteiger partial charge >= 0.3 is 41.6 Å². The Morgan fingerprint density at radius 1 is 0.939 bits per heavy atom. The number of pyridine rings is 1. The van der Waals surface area contributed by atoms with E-state index in [1.165, 1.54) is 4.90 Å². The van der Waals surface area contributed by atoms with Gasteiger partial charge in [0.2, 0.25) is 5.89 Å². The van der Waals surface area contributed by atoms with E-state index in [0.29, 0.717) is 53.2 Å². The van der Waals surface area contributed by atoms with Crippen molar-refractivity contribution in [2.75, 3.05) is 29.5 Å². The van der Waals surface area contributed by atoms with E-state index in [9.17, 15) is 45.1 Å². The first-order valence-electron chi connectivity index (χ1n) is 15.1. The molecule has 260 valence electrons. The number of hydrogen-bond donors (Lipinski definition) is 1. The quantitative estimate of drug-likeness (QED) is 0.0538. The molecule has 1 fully saturated rings. The van der Waals surface area contributed by atoms with Gasteiger partial charge in [0.1, 0.15) is 12.1 Å². The molecule has 17 nitrogen and oxygen atoms in total. The van der Waals surface area contributed by atoms with Crippen molar-refractivity contribution in [2.24, 2.45) is 0 Å². The molecule has 0 atom stereocenters. The number of aromatic nitrogens is 2. The second-order valence-corrected chi connectivity index (χ2v) is 14.0. The van der Waals surface area contributed by atoms with Crippen molar-refractivity contribution in [3.63, 3.8) is 0 Å². The second kappa shape index (κ2) is 18.0. The van der Waals surface area contributed by atoms with E-state index in [-0.39, 0.29) is 80.6 Å². The Bertz CT molecular complexity index is 1850. The van der Waals surface area contributed by atoms with E-state index < -0.39 is 55.6 Å². The van der Waals surface area contributed by atoms with Crippen LogP contribution in [0.3, 0.4) is 0 Å². The summed E-state index contributed by atoms with van der Waals surface area (Å²) in [6.45, 7) is 0.443. The molecule has 1 N–H and O–H groups in total. The van der Waals surface area contributed by atoms with E-state index in [2.05, 4.69) is 10.3 Å². The number of anilines is 1. The van der Waals surface area contributed by atoms with Crippen molar-refractivity contribution in [1.29, 1.82) is 0 Å². The standard InChI is InChI=1S/C29H35N5O12S2.Na/c35-25-9-10-26(36)34(25)46-27(37)6-2-1-3-13-30-29(38)33(15-5-19-48(42,43)44)22-7-8-23-24(20-22)45-28(31-23)21-11-16-32(17-12-21)14-4-18-47(39,40)41;/h7-8,11-12,16-17,20H,1-6,9-10,13-15,18-19H2,(H2-,30,38,39,40,41,42,43,44);/q;+1/p-1. The predicted octanol–water partition coefficient (Wildman–Crippen LogP) is -1.66. The van der Waals surface area contributed by atoms with Gasteiger partial charge in [-0.3, -0.25) is 14.5 Å². The number of fused-ring (bicyclic) bond motifs is 1. The van der Waals surface area contributed by atoms with E-state index in [4.69, 9.17) is 9.25 Å². The fourth-order valence-corrected chi connectivity index (χ4v) is 5.76. The van der Waals surface area contributed by atoms with Crippen molar-refractivity contribution in [3.8, 4) is 11.5 Å². The molecular formula is C29H34N5NaO12S2. The van der Waals surface area contributed by atoms with Gasteiger partial charge in [0.15, 0.2) is 18.0 Å².